The Morgan fingerprint density at radius 2 is 2.00 bits per heavy atom. The SMILES string of the molecule is C=CCn1c(=NC(=O)Cc2ccccc2)sc2cc(Cl)cc(Cl)c21. The van der Waals surface area contributed by atoms with Crippen LogP contribution in [0.4, 0.5) is 0 Å². The van der Waals surface area contributed by atoms with Crippen LogP contribution < -0.4 is 4.80 Å². The summed E-state index contributed by atoms with van der Waals surface area (Å²) >= 11 is 13.8. The number of amides is 1. The smallest absolute Gasteiger partial charge is 0.252 e. The van der Waals surface area contributed by atoms with Crippen LogP contribution in [0.25, 0.3) is 10.2 Å². The summed E-state index contributed by atoms with van der Waals surface area (Å²) in [7, 11) is 0. The average Bonchev–Trinajstić information content (AvgIpc) is 2.86. The zero-order valence-electron chi connectivity index (χ0n) is 12.7. The summed E-state index contributed by atoms with van der Waals surface area (Å²) in [5.74, 6) is -0.201. The van der Waals surface area contributed by atoms with Crippen molar-refractivity contribution in [3.8, 4) is 0 Å². The molecule has 1 aromatic heterocycles. The summed E-state index contributed by atoms with van der Waals surface area (Å²) in [5.41, 5.74) is 1.75. The first-order valence-electron chi connectivity index (χ1n) is 7.29. The molecule has 2 aromatic carbocycles. The number of nitrogens with zero attached hydrogens (tertiary/aromatic N) is 2. The molecule has 0 bridgehead atoms. The molecule has 0 fully saturated rings. The molecule has 0 radical (unpaired) electrons. The van der Waals surface area contributed by atoms with Gasteiger partial charge in [-0.05, 0) is 17.7 Å². The Morgan fingerprint density at radius 1 is 1.25 bits per heavy atom. The van der Waals surface area contributed by atoms with E-state index in [1.165, 1.54) is 11.3 Å². The molecule has 3 rings (SSSR count). The third-order valence-electron chi connectivity index (χ3n) is 3.43. The zero-order chi connectivity index (χ0) is 17.1. The number of aromatic nitrogens is 1. The van der Waals surface area contributed by atoms with Crippen LogP contribution in [0, 0.1) is 0 Å². The number of halogens is 2. The van der Waals surface area contributed by atoms with Crippen molar-refractivity contribution in [2.45, 2.75) is 13.0 Å². The van der Waals surface area contributed by atoms with Crippen molar-refractivity contribution < 1.29 is 4.79 Å². The monoisotopic (exact) mass is 376 g/mol. The number of allylic oxidation sites excluding steroid dienone is 1. The van der Waals surface area contributed by atoms with Crippen LogP contribution in [0.5, 0.6) is 0 Å². The van der Waals surface area contributed by atoms with E-state index >= 15 is 0 Å². The van der Waals surface area contributed by atoms with Crippen molar-refractivity contribution >= 4 is 50.7 Å². The van der Waals surface area contributed by atoms with Gasteiger partial charge in [-0.15, -0.1) is 6.58 Å². The molecule has 0 unspecified atom stereocenters. The molecule has 1 heterocycles. The van der Waals surface area contributed by atoms with E-state index in [1.807, 2.05) is 41.0 Å². The van der Waals surface area contributed by atoms with Crippen LogP contribution >= 0.6 is 34.5 Å². The normalized spacial score (nSPS) is 11.8. The van der Waals surface area contributed by atoms with Gasteiger partial charge in [0.15, 0.2) is 4.80 Å². The van der Waals surface area contributed by atoms with E-state index in [2.05, 4.69) is 11.6 Å². The maximum atomic E-state index is 12.3. The Hall–Kier alpha value is -1.88. The summed E-state index contributed by atoms with van der Waals surface area (Å²) < 4.78 is 2.77. The molecule has 0 N–H and O–H groups in total. The summed E-state index contributed by atoms with van der Waals surface area (Å²) in [4.78, 5) is 17.2. The molecule has 0 atom stereocenters. The molecule has 6 heteroatoms. The maximum Gasteiger partial charge on any atom is 0.252 e. The van der Waals surface area contributed by atoms with Crippen molar-refractivity contribution in [1.82, 2.24) is 4.57 Å². The molecule has 24 heavy (non-hydrogen) atoms. The Kier molecular flexibility index (Phi) is 5.19. The molecule has 122 valence electrons. The first kappa shape index (κ1) is 17.0. The van der Waals surface area contributed by atoms with Crippen molar-refractivity contribution in [3.63, 3.8) is 0 Å². The second kappa shape index (κ2) is 7.34. The fraction of sp³-hybridized carbons (Fsp3) is 0.111. The molecule has 3 nitrogen and oxygen atoms in total. The van der Waals surface area contributed by atoms with E-state index in [9.17, 15) is 4.79 Å². The van der Waals surface area contributed by atoms with Crippen molar-refractivity contribution in [2.75, 3.05) is 0 Å². The minimum atomic E-state index is -0.201. The number of benzene rings is 2. The lowest BCUT2D eigenvalue weighted by atomic mass is 10.1. The van der Waals surface area contributed by atoms with Crippen LogP contribution in [0.15, 0.2) is 60.1 Å². The first-order chi connectivity index (χ1) is 11.6. The third kappa shape index (κ3) is 3.61. The highest BCUT2D eigenvalue weighted by atomic mass is 35.5. The van der Waals surface area contributed by atoms with Crippen molar-refractivity contribution in [2.24, 2.45) is 4.99 Å². The number of rotatable bonds is 4. The van der Waals surface area contributed by atoms with Crippen molar-refractivity contribution in [1.29, 1.82) is 0 Å². The highest BCUT2D eigenvalue weighted by molar-refractivity contribution is 7.16. The minimum absolute atomic E-state index is 0.201. The highest BCUT2D eigenvalue weighted by Gasteiger charge is 2.12. The fourth-order valence-electron chi connectivity index (χ4n) is 2.43. The van der Waals surface area contributed by atoms with Gasteiger partial charge in [0.1, 0.15) is 0 Å². The first-order valence-corrected chi connectivity index (χ1v) is 8.86. The van der Waals surface area contributed by atoms with Crippen LogP contribution in [0.2, 0.25) is 10.0 Å². The molecule has 0 aliphatic carbocycles. The Morgan fingerprint density at radius 3 is 2.71 bits per heavy atom. The summed E-state index contributed by atoms with van der Waals surface area (Å²) in [6, 6.07) is 13.1. The maximum absolute atomic E-state index is 12.3. The topological polar surface area (TPSA) is 34.4 Å². The second-order valence-corrected chi connectivity index (χ2v) is 7.04. The standard InChI is InChI=1S/C18H14Cl2N2OS/c1-2-8-22-17-14(20)10-13(19)11-15(17)24-18(22)21-16(23)9-12-6-4-3-5-7-12/h2-7,10-11H,1,8-9H2. The van der Waals surface area contributed by atoms with Gasteiger partial charge in [-0.25, -0.2) is 0 Å². The lowest BCUT2D eigenvalue weighted by molar-refractivity contribution is -0.117. The molecule has 0 aliphatic heterocycles. The summed E-state index contributed by atoms with van der Waals surface area (Å²) in [6.07, 6.45) is 2.01. The number of hydrogen-bond acceptors (Lipinski definition) is 2. The number of carbonyl (C=O) groups excluding carboxylic acids is 1. The Bertz CT molecular complexity index is 974. The van der Waals surface area contributed by atoms with Gasteiger partial charge in [0.05, 0.1) is 21.7 Å². The lowest BCUT2D eigenvalue weighted by Gasteiger charge is -2.03. The van der Waals surface area contributed by atoms with Gasteiger partial charge in [-0.1, -0.05) is 70.9 Å². The number of carbonyl (C=O) groups is 1. The number of thiazole rings is 1. The van der Waals surface area contributed by atoms with Gasteiger partial charge < -0.3 is 4.57 Å². The van der Waals surface area contributed by atoms with Gasteiger partial charge in [0, 0.05) is 11.6 Å². The number of hydrogen-bond donors (Lipinski definition) is 0. The van der Waals surface area contributed by atoms with Crippen LogP contribution in [0.3, 0.4) is 0 Å². The average molecular weight is 377 g/mol. The van der Waals surface area contributed by atoms with E-state index in [-0.39, 0.29) is 12.3 Å². The molecule has 0 saturated carbocycles. The Balaban J connectivity index is 2.07. The van der Waals surface area contributed by atoms with E-state index in [0.717, 1.165) is 15.8 Å². The molecule has 3 aromatic rings. The highest BCUT2D eigenvalue weighted by Crippen LogP contribution is 2.29. The molecular formula is C18H14Cl2N2OS. The van der Waals surface area contributed by atoms with Crippen LogP contribution in [-0.2, 0) is 17.8 Å². The van der Waals surface area contributed by atoms with E-state index in [0.29, 0.717) is 21.4 Å². The molecule has 0 spiro atoms. The third-order valence-corrected chi connectivity index (χ3v) is 4.96. The van der Waals surface area contributed by atoms with E-state index in [1.54, 1.807) is 12.1 Å². The molecular weight excluding hydrogens is 363 g/mol. The molecule has 0 aliphatic rings. The van der Waals surface area contributed by atoms with Crippen LogP contribution in [0.1, 0.15) is 5.56 Å². The van der Waals surface area contributed by atoms with Crippen LogP contribution in [-0.4, -0.2) is 10.5 Å². The molecule has 1 amide bonds. The number of fused-ring (bicyclic) bond motifs is 1. The fourth-order valence-corrected chi connectivity index (χ4v) is 4.27. The van der Waals surface area contributed by atoms with Gasteiger partial charge in [0.25, 0.3) is 5.91 Å². The predicted molar refractivity (Wildman–Crippen MR) is 101 cm³/mol. The lowest BCUT2D eigenvalue weighted by Crippen LogP contribution is -2.17. The van der Waals surface area contributed by atoms with Crippen molar-refractivity contribution in [3.05, 3.63) is 75.5 Å². The predicted octanol–water partition coefficient (Wildman–Crippen LogP) is 4.87. The minimum Gasteiger partial charge on any atom is -0.311 e. The van der Waals surface area contributed by atoms with Gasteiger partial charge in [-0.2, -0.15) is 4.99 Å². The summed E-state index contributed by atoms with van der Waals surface area (Å²) in [5, 5.41) is 1.09. The largest absolute Gasteiger partial charge is 0.311 e. The quantitative estimate of drug-likeness (QED) is 0.598. The Labute approximate surface area is 153 Å². The summed E-state index contributed by atoms with van der Waals surface area (Å²) in [6.45, 7) is 4.28. The van der Waals surface area contributed by atoms with E-state index in [4.69, 9.17) is 23.2 Å². The van der Waals surface area contributed by atoms with E-state index < -0.39 is 0 Å². The molecule has 0 saturated heterocycles. The zero-order valence-corrected chi connectivity index (χ0v) is 15.0. The van der Waals surface area contributed by atoms with Gasteiger partial charge in [0.2, 0.25) is 0 Å². The second-order valence-electron chi connectivity index (χ2n) is 5.19. The van der Waals surface area contributed by atoms with Gasteiger partial charge >= 0.3 is 0 Å². The van der Waals surface area contributed by atoms with Gasteiger partial charge in [-0.3, -0.25) is 4.79 Å².